The Morgan fingerprint density at radius 2 is 1.41 bits per heavy atom. The van der Waals surface area contributed by atoms with Crippen LogP contribution in [0.1, 0.15) is 94.9 Å². The number of ether oxygens (including phenoxy) is 2. The number of aliphatic hydroxyl groups is 1. The highest BCUT2D eigenvalue weighted by Crippen LogP contribution is 2.30. The van der Waals surface area contributed by atoms with Crippen LogP contribution in [0.4, 0.5) is 0 Å². The number of aliphatic hydroxyl groups excluding tert-OH is 1. The van der Waals surface area contributed by atoms with Gasteiger partial charge in [0.25, 0.3) is 0 Å². The van der Waals surface area contributed by atoms with Crippen LogP contribution in [-0.2, 0) is 33.4 Å². The Morgan fingerprint density at radius 3 is 1.84 bits per heavy atom. The molecule has 1 heterocycles. The minimum Gasteiger partial charge on any atom is -0.391 e. The van der Waals surface area contributed by atoms with Gasteiger partial charge in [0, 0.05) is 33.7 Å². The maximum absolute atomic E-state index is 14.2. The molecule has 0 bridgehead atoms. The molecule has 10 atom stereocenters. The Hall–Kier alpha value is -2.61. The van der Waals surface area contributed by atoms with Crippen molar-refractivity contribution in [2.45, 2.75) is 143 Å². The topological polar surface area (TPSA) is 158 Å². The van der Waals surface area contributed by atoms with E-state index in [0.29, 0.717) is 13.0 Å². The Kier molecular flexibility index (Phi) is 19.3. The zero-order valence-electron chi connectivity index (χ0n) is 34.2. The number of carbonyl (C=O) groups is 5. The summed E-state index contributed by atoms with van der Waals surface area (Å²) in [5.74, 6) is -2.63. The zero-order chi connectivity index (χ0) is 39.5. The highest BCUT2D eigenvalue weighted by Gasteiger charge is 2.43. The van der Waals surface area contributed by atoms with Crippen molar-refractivity contribution >= 4 is 29.4 Å². The summed E-state index contributed by atoms with van der Waals surface area (Å²) in [6.45, 7) is 18.9. The number of ketones is 1. The van der Waals surface area contributed by atoms with E-state index >= 15 is 0 Å². The first kappa shape index (κ1) is 46.4. The second kappa shape index (κ2) is 21.2. The number of methoxy groups -OCH3 is 2. The number of hydrogen-bond donors (Lipinski definition) is 3. The lowest BCUT2D eigenvalue weighted by molar-refractivity contribution is -0.148. The number of nitrogens with zero attached hydrogens (tertiary/aromatic N) is 3. The summed E-state index contributed by atoms with van der Waals surface area (Å²) in [5.41, 5.74) is 0. The molecular formula is C38H71N5O8. The lowest BCUT2D eigenvalue weighted by Gasteiger charge is -2.41. The summed E-state index contributed by atoms with van der Waals surface area (Å²) in [6.07, 6.45) is -0.316. The van der Waals surface area contributed by atoms with Crippen molar-refractivity contribution in [2.75, 3.05) is 41.9 Å². The summed E-state index contributed by atoms with van der Waals surface area (Å²) in [5, 5.41) is 16.0. The van der Waals surface area contributed by atoms with Gasteiger partial charge < -0.3 is 35.0 Å². The molecule has 296 valence electrons. The number of hydrogen-bond acceptors (Lipinski definition) is 9. The monoisotopic (exact) mass is 726 g/mol. The Morgan fingerprint density at radius 1 is 0.843 bits per heavy atom. The van der Waals surface area contributed by atoms with Gasteiger partial charge in [-0.15, -0.1) is 0 Å². The Labute approximate surface area is 307 Å². The highest BCUT2D eigenvalue weighted by molar-refractivity contribution is 5.92. The predicted molar refractivity (Wildman–Crippen MR) is 199 cm³/mol. The summed E-state index contributed by atoms with van der Waals surface area (Å²) < 4.78 is 11.8. The molecule has 1 fully saturated rings. The van der Waals surface area contributed by atoms with Crippen molar-refractivity contribution in [1.29, 1.82) is 0 Å². The number of likely N-dealkylation sites (N-methyl/N-ethyl adjacent to an activating group) is 2. The first-order valence-corrected chi connectivity index (χ1v) is 18.8. The van der Waals surface area contributed by atoms with Gasteiger partial charge in [-0.05, 0) is 51.6 Å². The number of rotatable bonds is 21. The number of nitrogens with one attached hydrogen (secondary N) is 2. The molecule has 0 saturated carbocycles. The fraction of sp³-hybridized carbons (Fsp3) is 0.868. The number of amides is 4. The van der Waals surface area contributed by atoms with Crippen LogP contribution in [0, 0.1) is 29.6 Å². The largest absolute Gasteiger partial charge is 0.391 e. The number of Topliss-reactive ketones (excluding diaryl/α,β-unsaturated/α-hetero) is 1. The average Bonchev–Trinajstić information content (AvgIpc) is 3.53. The van der Waals surface area contributed by atoms with Crippen LogP contribution in [-0.4, -0.2) is 140 Å². The van der Waals surface area contributed by atoms with Crippen molar-refractivity contribution in [3.05, 3.63) is 0 Å². The highest BCUT2D eigenvalue weighted by atomic mass is 16.5. The fourth-order valence-corrected chi connectivity index (χ4v) is 7.48. The quantitative estimate of drug-likeness (QED) is 0.162. The summed E-state index contributed by atoms with van der Waals surface area (Å²) in [6, 6.07) is -3.10. The van der Waals surface area contributed by atoms with Crippen LogP contribution in [0.5, 0.6) is 0 Å². The van der Waals surface area contributed by atoms with E-state index in [1.807, 2.05) is 60.5 Å². The summed E-state index contributed by atoms with van der Waals surface area (Å²) in [7, 11) is 8.46. The lowest BCUT2D eigenvalue weighted by atomic mass is 9.89. The molecule has 3 N–H and O–H groups in total. The van der Waals surface area contributed by atoms with Crippen LogP contribution < -0.4 is 10.6 Å². The van der Waals surface area contributed by atoms with E-state index in [0.717, 1.165) is 12.8 Å². The standard InChI is InChI=1S/C38H71N5O8/c1-16-24(8)33(42(13)38(49)30(21(2)3)39-37(48)32(22(4)5)41(11)12)28(50-14)20-29(45)43-19-17-18-27(43)35(51-15)25(9)36(47)40-31(26(10)44)34(46)23(6)7/h21-28,30-33,35,44H,16-20H2,1-15H3,(H,39,48)(H,40,47)/t24-,25+,26?,27-,28+,30-,31-,32-,33-,35+/m0/s1. The fourth-order valence-electron chi connectivity index (χ4n) is 7.48. The van der Waals surface area contributed by atoms with Crippen LogP contribution in [0.15, 0.2) is 0 Å². The van der Waals surface area contributed by atoms with Gasteiger partial charge >= 0.3 is 0 Å². The van der Waals surface area contributed by atoms with Gasteiger partial charge in [0.1, 0.15) is 12.1 Å². The third kappa shape index (κ3) is 12.2. The molecule has 1 saturated heterocycles. The minimum atomic E-state index is -1.07. The third-order valence-electron chi connectivity index (χ3n) is 10.6. The van der Waals surface area contributed by atoms with Crippen molar-refractivity contribution < 1.29 is 38.6 Å². The molecule has 0 radical (unpaired) electrons. The molecule has 0 spiro atoms. The van der Waals surface area contributed by atoms with Crippen LogP contribution in [0.2, 0.25) is 0 Å². The normalized spacial score (nSPS) is 20.4. The van der Waals surface area contributed by atoms with E-state index in [1.54, 1.807) is 44.7 Å². The molecule has 0 aromatic carbocycles. The molecule has 4 amide bonds. The van der Waals surface area contributed by atoms with Crippen LogP contribution in [0.25, 0.3) is 0 Å². The minimum absolute atomic E-state index is 0.00160. The molecule has 1 aliphatic rings. The van der Waals surface area contributed by atoms with Gasteiger partial charge in [-0.25, -0.2) is 0 Å². The third-order valence-corrected chi connectivity index (χ3v) is 10.6. The molecule has 0 aliphatic carbocycles. The van der Waals surface area contributed by atoms with E-state index in [2.05, 4.69) is 10.6 Å². The molecule has 1 unspecified atom stereocenters. The molecule has 13 nitrogen and oxygen atoms in total. The summed E-state index contributed by atoms with van der Waals surface area (Å²) >= 11 is 0. The number of likely N-dealkylation sites (tertiary alicyclic amines) is 1. The average molecular weight is 726 g/mol. The van der Waals surface area contributed by atoms with Gasteiger partial charge in [0.15, 0.2) is 5.78 Å². The summed E-state index contributed by atoms with van der Waals surface area (Å²) in [4.78, 5) is 73.0. The van der Waals surface area contributed by atoms with Crippen LogP contribution in [0.3, 0.4) is 0 Å². The van der Waals surface area contributed by atoms with Gasteiger partial charge in [-0.1, -0.05) is 68.7 Å². The maximum Gasteiger partial charge on any atom is 0.245 e. The Bertz CT molecular complexity index is 1140. The van der Waals surface area contributed by atoms with E-state index in [-0.39, 0.29) is 53.6 Å². The van der Waals surface area contributed by atoms with Gasteiger partial charge in [-0.3, -0.25) is 28.9 Å². The molecular weight excluding hydrogens is 654 g/mol. The van der Waals surface area contributed by atoms with Gasteiger partial charge in [0.2, 0.25) is 23.6 Å². The first-order valence-electron chi connectivity index (χ1n) is 18.8. The second-order valence-electron chi connectivity index (χ2n) is 15.8. The smallest absolute Gasteiger partial charge is 0.245 e. The SMILES string of the molecule is CC[C@H](C)[C@@H]([C@@H](CC(=O)N1CCC[C@H]1[C@H](OC)[C@@H](C)C(=O)N[C@H](C(=O)C(C)C)C(C)O)OC)N(C)C(=O)[C@@H](NC(=O)[C@H](C(C)C)N(C)C)C(C)C. The molecule has 0 aromatic heterocycles. The van der Waals surface area contributed by atoms with Crippen molar-refractivity contribution in [3.8, 4) is 0 Å². The van der Waals surface area contributed by atoms with Gasteiger partial charge in [-0.2, -0.15) is 0 Å². The van der Waals surface area contributed by atoms with E-state index < -0.39 is 60.3 Å². The second-order valence-corrected chi connectivity index (χ2v) is 15.8. The van der Waals surface area contributed by atoms with E-state index in [9.17, 15) is 29.1 Å². The lowest BCUT2D eigenvalue weighted by Crippen LogP contribution is -2.59. The molecule has 1 rings (SSSR count). The van der Waals surface area contributed by atoms with E-state index in [4.69, 9.17) is 9.47 Å². The molecule has 51 heavy (non-hydrogen) atoms. The first-order chi connectivity index (χ1) is 23.7. The number of carbonyl (C=O) groups excluding carboxylic acids is 5. The molecule has 13 heteroatoms. The van der Waals surface area contributed by atoms with Crippen LogP contribution >= 0.6 is 0 Å². The van der Waals surface area contributed by atoms with Gasteiger partial charge in [0.05, 0.1) is 48.8 Å². The zero-order valence-corrected chi connectivity index (χ0v) is 34.2. The van der Waals surface area contributed by atoms with Crippen molar-refractivity contribution in [3.63, 3.8) is 0 Å². The maximum atomic E-state index is 14.2. The van der Waals surface area contributed by atoms with E-state index in [1.165, 1.54) is 14.0 Å². The Balaban J connectivity index is 3.30. The molecule has 1 aliphatic heterocycles. The van der Waals surface area contributed by atoms with Crippen molar-refractivity contribution in [1.82, 2.24) is 25.3 Å². The predicted octanol–water partition coefficient (Wildman–Crippen LogP) is 2.72. The van der Waals surface area contributed by atoms with Crippen molar-refractivity contribution in [2.24, 2.45) is 29.6 Å². The molecule has 0 aromatic rings.